The number of ether oxygens (including phenoxy) is 1. The molecular weight excluding hydrogens is 248 g/mol. The third-order valence-electron chi connectivity index (χ3n) is 3.13. The zero-order valence-electron chi connectivity index (χ0n) is 10.4. The van der Waals surface area contributed by atoms with Crippen LogP contribution in [0, 0.1) is 0 Å². The van der Waals surface area contributed by atoms with Crippen LogP contribution in [0.5, 0.6) is 5.75 Å². The number of aromatic nitrogens is 1. The minimum absolute atomic E-state index is 0.0253. The van der Waals surface area contributed by atoms with Crippen LogP contribution in [0.2, 0.25) is 0 Å². The molecule has 0 aliphatic heterocycles. The summed E-state index contributed by atoms with van der Waals surface area (Å²) in [6.45, 7) is 1.92. The van der Waals surface area contributed by atoms with E-state index < -0.39 is 5.41 Å². The highest BCUT2D eigenvalue weighted by Gasteiger charge is 2.30. The van der Waals surface area contributed by atoms with Crippen LogP contribution in [-0.2, 0) is 5.41 Å². The molecule has 2 rings (SSSR count). The summed E-state index contributed by atoms with van der Waals surface area (Å²) in [6.07, 6.45) is 0. The molecule has 1 heterocycles. The van der Waals surface area contributed by atoms with Crippen LogP contribution in [0.25, 0.3) is 0 Å². The number of thiazole rings is 1. The topological polar surface area (TPSA) is 68.4 Å². The van der Waals surface area contributed by atoms with Crippen molar-refractivity contribution >= 4 is 16.5 Å². The monoisotopic (exact) mass is 264 g/mol. The SMILES string of the molecule is COc1ccc(C(C)(CO)c2csc(N)n2)cc1. The van der Waals surface area contributed by atoms with Gasteiger partial charge in [-0.25, -0.2) is 4.98 Å². The van der Waals surface area contributed by atoms with E-state index in [0.717, 1.165) is 17.0 Å². The number of hydrogen-bond acceptors (Lipinski definition) is 5. The lowest BCUT2D eigenvalue weighted by atomic mass is 9.81. The van der Waals surface area contributed by atoms with E-state index in [1.807, 2.05) is 36.6 Å². The summed E-state index contributed by atoms with van der Waals surface area (Å²) < 4.78 is 5.13. The average Bonchev–Trinajstić information content (AvgIpc) is 2.85. The van der Waals surface area contributed by atoms with Crippen LogP contribution >= 0.6 is 11.3 Å². The van der Waals surface area contributed by atoms with Crippen molar-refractivity contribution in [1.82, 2.24) is 4.98 Å². The number of aliphatic hydroxyl groups excluding tert-OH is 1. The molecule has 1 unspecified atom stereocenters. The fraction of sp³-hybridized carbons (Fsp3) is 0.308. The highest BCUT2D eigenvalue weighted by atomic mass is 32.1. The van der Waals surface area contributed by atoms with Crippen molar-refractivity contribution in [3.63, 3.8) is 0 Å². The average molecular weight is 264 g/mol. The maximum Gasteiger partial charge on any atom is 0.180 e. The van der Waals surface area contributed by atoms with Crippen LogP contribution in [0.15, 0.2) is 29.6 Å². The molecule has 4 nitrogen and oxygen atoms in total. The standard InChI is InChI=1S/C13H16N2O2S/c1-13(8-16,11-7-18-12(14)15-11)9-3-5-10(17-2)6-4-9/h3-7,16H,8H2,1-2H3,(H2,14,15). The normalized spacial score (nSPS) is 14.2. The van der Waals surface area contributed by atoms with Gasteiger partial charge in [0.1, 0.15) is 5.75 Å². The smallest absolute Gasteiger partial charge is 0.180 e. The Morgan fingerprint density at radius 2 is 2.06 bits per heavy atom. The van der Waals surface area contributed by atoms with Crippen LogP contribution in [-0.4, -0.2) is 23.8 Å². The van der Waals surface area contributed by atoms with Crippen LogP contribution < -0.4 is 10.5 Å². The molecule has 0 bridgehead atoms. The Morgan fingerprint density at radius 3 is 2.50 bits per heavy atom. The Balaban J connectivity index is 2.42. The lowest BCUT2D eigenvalue weighted by Gasteiger charge is -2.26. The molecule has 0 spiro atoms. The number of nitrogens with two attached hydrogens (primary N) is 1. The number of nitrogens with zero attached hydrogens (tertiary/aromatic N) is 1. The molecule has 0 radical (unpaired) electrons. The number of nitrogen functional groups attached to an aromatic ring is 1. The summed E-state index contributed by atoms with van der Waals surface area (Å²) in [5, 5.41) is 12.1. The van der Waals surface area contributed by atoms with Gasteiger partial charge in [0.25, 0.3) is 0 Å². The Morgan fingerprint density at radius 1 is 1.39 bits per heavy atom. The van der Waals surface area contributed by atoms with Gasteiger partial charge in [-0.2, -0.15) is 0 Å². The number of hydrogen-bond donors (Lipinski definition) is 2. The predicted octanol–water partition coefficient (Wildman–Crippen LogP) is 2.03. The second-order valence-corrected chi connectivity index (χ2v) is 5.18. The zero-order chi connectivity index (χ0) is 13.2. The summed E-state index contributed by atoms with van der Waals surface area (Å²) >= 11 is 1.38. The van der Waals surface area contributed by atoms with Crippen LogP contribution in [0.4, 0.5) is 5.13 Å². The molecular formula is C13H16N2O2S. The van der Waals surface area contributed by atoms with Gasteiger partial charge in [-0.1, -0.05) is 12.1 Å². The molecule has 1 aromatic heterocycles. The van der Waals surface area contributed by atoms with Crippen molar-refractivity contribution in [1.29, 1.82) is 0 Å². The molecule has 0 aliphatic carbocycles. The van der Waals surface area contributed by atoms with Gasteiger partial charge in [0.05, 0.1) is 24.8 Å². The van der Waals surface area contributed by atoms with Gasteiger partial charge in [-0.3, -0.25) is 0 Å². The number of benzene rings is 1. The third kappa shape index (κ3) is 2.19. The van der Waals surface area contributed by atoms with Crippen molar-refractivity contribution in [2.24, 2.45) is 0 Å². The fourth-order valence-electron chi connectivity index (χ4n) is 1.82. The van der Waals surface area contributed by atoms with Gasteiger partial charge in [0.2, 0.25) is 0 Å². The largest absolute Gasteiger partial charge is 0.497 e. The van der Waals surface area contributed by atoms with Gasteiger partial charge < -0.3 is 15.6 Å². The Bertz CT molecular complexity index is 524. The minimum atomic E-state index is -0.541. The quantitative estimate of drug-likeness (QED) is 0.886. The van der Waals surface area contributed by atoms with Crippen molar-refractivity contribution < 1.29 is 9.84 Å². The van der Waals surface area contributed by atoms with Crippen molar-refractivity contribution in [2.45, 2.75) is 12.3 Å². The number of aliphatic hydroxyl groups is 1. The highest BCUT2D eigenvalue weighted by Crippen LogP contribution is 2.33. The number of methoxy groups -OCH3 is 1. The molecule has 0 aliphatic rings. The molecule has 5 heteroatoms. The van der Waals surface area contributed by atoms with Gasteiger partial charge in [-0.15, -0.1) is 11.3 Å². The fourth-order valence-corrected chi connectivity index (χ4v) is 2.52. The molecule has 2 aromatic rings. The molecule has 0 saturated carbocycles. The molecule has 18 heavy (non-hydrogen) atoms. The van der Waals surface area contributed by atoms with E-state index in [4.69, 9.17) is 10.5 Å². The molecule has 0 amide bonds. The summed E-state index contributed by atoms with van der Waals surface area (Å²) in [5.74, 6) is 0.789. The highest BCUT2D eigenvalue weighted by molar-refractivity contribution is 7.13. The van der Waals surface area contributed by atoms with E-state index in [1.165, 1.54) is 11.3 Å². The summed E-state index contributed by atoms with van der Waals surface area (Å²) in [6, 6.07) is 7.62. The minimum Gasteiger partial charge on any atom is -0.497 e. The molecule has 0 fully saturated rings. The molecule has 1 aromatic carbocycles. The summed E-state index contributed by atoms with van der Waals surface area (Å²) in [5.41, 5.74) is 6.89. The van der Waals surface area contributed by atoms with Gasteiger partial charge in [-0.05, 0) is 24.6 Å². The lowest BCUT2D eigenvalue weighted by Crippen LogP contribution is -2.28. The molecule has 1 atom stereocenters. The van der Waals surface area contributed by atoms with Crippen molar-refractivity contribution in [3.8, 4) is 5.75 Å². The van der Waals surface area contributed by atoms with Gasteiger partial charge in [0, 0.05) is 5.38 Å². The number of rotatable bonds is 4. The van der Waals surface area contributed by atoms with Crippen molar-refractivity contribution in [3.05, 3.63) is 40.9 Å². The first-order valence-corrected chi connectivity index (χ1v) is 6.45. The van der Waals surface area contributed by atoms with E-state index in [-0.39, 0.29) is 6.61 Å². The number of anilines is 1. The second kappa shape index (κ2) is 4.96. The van der Waals surface area contributed by atoms with E-state index in [0.29, 0.717) is 5.13 Å². The summed E-state index contributed by atoms with van der Waals surface area (Å²) in [7, 11) is 1.63. The Hall–Kier alpha value is -1.59. The maximum atomic E-state index is 9.72. The summed E-state index contributed by atoms with van der Waals surface area (Å²) in [4.78, 5) is 4.28. The van der Waals surface area contributed by atoms with Gasteiger partial charge >= 0.3 is 0 Å². The first kappa shape index (κ1) is 12.9. The van der Waals surface area contributed by atoms with Gasteiger partial charge in [0.15, 0.2) is 5.13 Å². The van der Waals surface area contributed by atoms with E-state index >= 15 is 0 Å². The molecule has 96 valence electrons. The lowest BCUT2D eigenvalue weighted by molar-refractivity contribution is 0.229. The van der Waals surface area contributed by atoms with E-state index in [1.54, 1.807) is 7.11 Å². The Labute approximate surface area is 110 Å². The van der Waals surface area contributed by atoms with E-state index in [2.05, 4.69) is 4.98 Å². The Kier molecular flexibility index (Phi) is 3.54. The third-order valence-corrected chi connectivity index (χ3v) is 3.80. The van der Waals surface area contributed by atoms with Crippen molar-refractivity contribution in [2.75, 3.05) is 19.5 Å². The first-order valence-electron chi connectivity index (χ1n) is 5.57. The zero-order valence-corrected chi connectivity index (χ0v) is 11.2. The first-order chi connectivity index (χ1) is 8.60. The van der Waals surface area contributed by atoms with E-state index in [9.17, 15) is 5.11 Å². The maximum absolute atomic E-state index is 9.72. The molecule has 3 N–H and O–H groups in total. The van der Waals surface area contributed by atoms with Crippen LogP contribution in [0.3, 0.4) is 0 Å². The second-order valence-electron chi connectivity index (χ2n) is 4.29. The van der Waals surface area contributed by atoms with Crippen LogP contribution in [0.1, 0.15) is 18.2 Å². The molecule has 0 saturated heterocycles. The predicted molar refractivity (Wildman–Crippen MR) is 73.1 cm³/mol.